The van der Waals surface area contributed by atoms with Crippen molar-refractivity contribution < 1.29 is 27.5 Å². The van der Waals surface area contributed by atoms with E-state index in [1.54, 1.807) is 6.07 Å². The van der Waals surface area contributed by atoms with Gasteiger partial charge in [-0.15, -0.1) is 10.2 Å². The van der Waals surface area contributed by atoms with Gasteiger partial charge in [0.05, 0.1) is 31.9 Å². The number of amides is 1. The minimum atomic E-state index is -3.82. The Morgan fingerprint density at radius 2 is 2.03 bits per heavy atom. The van der Waals surface area contributed by atoms with Crippen molar-refractivity contribution in [1.29, 1.82) is 0 Å². The number of ether oxygens (including phenoxy) is 2. The van der Waals surface area contributed by atoms with E-state index < -0.39 is 28.4 Å². The lowest BCUT2D eigenvalue weighted by Crippen LogP contribution is -2.37. The van der Waals surface area contributed by atoms with Crippen LogP contribution in [0.25, 0.3) is 0 Å². The highest BCUT2D eigenvalue weighted by Crippen LogP contribution is 2.33. The average Bonchev–Trinajstić information content (AvgIpc) is 3.10. The Balaban J connectivity index is 2.13. The number of halogens is 1. The van der Waals surface area contributed by atoms with Gasteiger partial charge in [-0.05, 0) is 18.2 Å². The molecule has 1 heterocycles. The molecule has 0 aliphatic carbocycles. The third-order valence-corrected chi connectivity index (χ3v) is 6.60. The molecule has 1 N–H and O–H groups in total. The molecule has 0 bridgehead atoms. The molecule has 29 heavy (non-hydrogen) atoms. The number of methoxy groups -OCH3 is 2. The molecule has 0 radical (unpaired) electrons. The maximum Gasteiger partial charge on any atom is 0.316 e. The summed E-state index contributed by atoms with van der Waals surface area (Å²) in [5, 5.41) is 10.6. The zero-order chi connectivity index (χ0) is 21.6. The van der Waals surface area contributed by atoms with Crippen LogP contribution < -0.4 is 14.4 Å². The molecule has 1 aromatic carbocycles. The number of aromatic nitrogens is 2. The maximum absolute atomic E-state index is 12.4. The SMILES string of the molecule is COC(=O)CSc1nnc(NC(=O)CN(c2cc(Cl)ccc2OC)S(C)(=O)=O)s1. The van der Waals surface area contributed by atoms with Gasteiger partial charge in [0.1, 0.15) is 12.3 Å². The summed E-state index contributed by atoms with van der Waals surface area (Å²) in [5.41, 5.74) is 0.129. The van der Waals surface area contributed by atoms with Gasteiger partial charge in [-0.25, -0.2) is 8.42 Å². The van der Waals surface area contributed by atoms with E-state index in [4.69, 9.17) is 16.3 Å². The lowest BCUT2D eigenvalue weighted by molar-refractivity contribution is -0.137. The summed E-state index contributed by atoms with van der Waals surface area (Å²) >= 11 is 8.12. The summed E-state index contributed by atoms with van der Waals surface area (Å²) in [6, 6.07) is 4.43. The topological polar surface area (TPSA) is 128 Å². The average molecular weight is 481 g/mol. The fourth-order valence-corrected chi connectivity index (χ4v) is 4.65. The van der Waals surface area contributed by atoms with Crippen molar-refractivity contribution in [1.82, 2.24) is 10.2 Å². The summed E-state index contributed by atoms with van der Waals surface area (Å²) in [5.74, 6) is -0.770. The number of esters is 1. The minimum Gasteiger partial charge on any atom is -0.495 e. The first kappa shape index (κ1) is 23.2. The summed E-state index contributed by atoms with van der Waals surface area (Å²) < 4.78 is 35.5. The molecule has 0 spiro atoms. The molecule has 2 aromatic rings. The minimum absolute atomic E-state index is 0.0511. The van der Waals surface area contributed by atoms with Gasteiger partial charge in [-0.3, -0.25) is 19.2 Å². The first-order valence-electron chi connectivity index (χ1n) is 7.78. The lowest BCUT2D eigenvalue weighted by Gasteiger charge is -2.23. The molecule has 10 nitrogen and oxygen atoms in total. The number of benzene rings is 1. The van der Waals surface area contributed by atoms with Crippen LogP contribution in [0.1, 0.15) is 0 Å². The first-order valence-corrected chi connectivity index (χ1v) is 11.8. The normalized spacial score (nSPS) is 11.0. The van der Waals surface area contributed by atoms with E-state index in [1.165, 1.54) is 26.4 Å². The van der Waals surface area contributed by atoms with Crippen molar-refractivity contribution in [3.05, 3.63) is 23.2 Å². The Kier molecular flexibility index (Phi) is 8.07. The van der Waals surface area contributed by atoms with Crippen molar-refractivity contribution >= 4 is 67.4 Å². The number of nitrogens with one attached hydrogen (secondary N) is 1. The zero-order valence-electron chi connectivity index (χ0n) is 15.5. The van der Waals surface area contributed by atoms with Crippen LogP contribution in [0.15, 0.2) is 22.5 Å². The van der Waals surface area contributed by atoms with E-state index >= 15 is 0 Å². The Bertz CT molecular complexity index is 998. The van der Waals surface area contributed by atoms with Gasteiger partial charge in [0.25, 0.3) is 0 Å². The van der Waals surface area contributed by atoms with Crippen molar-refractivity contribution in [3.63, 3.8) is 0 Å². The number of anilines is 2. The van der Waals surface area contributed by atoms with Gasteiger partial charge in [0.2, 0.25) is 21.1 Å². The largest absolute Gasteiger partial charge is 0.495 e. The summed E-state index contributed by atoms with van der Waals surface area (Å²) in [7, 11) is -1.17. The third kappa shape index (κ3) is 6.73. The molecule has 2 rings (SSSR count). The van der Waals surface area contributed by atoms with Crippen molar-refractivity contribution in [2.75, 3.05) is 42.4 Å². The highest BCUT2D eigenvalue weighted by molar-refractivity contribution is 8.01. The molecular weight excluding hydrogens is 464 g/mol. The number of carbonyl (C=O) groups excluding carboxylic acids is 2. The van der Waals surface area contributed by atoms with Gasteiger partial charge in [-0.2, -0.15) is 0 Å². The number of rotatable bonds is 9. The monoisotopic (exact) mass is 480 g/mol. The molecule has 0 aliphatic rings. The maximum atomic E-state index is 12.4. The summed E-state index contributed by atoms with van der Waals surface area (Å²) in [6.07, 6.45) is 0.965. The molecule has 1 aromatic heterocycles. The second-order valence-electron chi connectivity index (χ2n) is 5.37. The van der Waals surface area contributed by atoms with Crippen LogP contribution in [0.4, 0.5) is 10.8 Å². The van der Waals surface area contributed by atoms with Gasteiger partial charge in [0.15, 0.2) is 4.34 Å². The fourth-order valence-electron chi connectivity index (χ4n) is 2.03. The quantitative estimate of drug-likeness (QED) is 0.325. The number of hydrogen-bond donors (Lipinski definition) is 1. The molecule has 1 amide bonds. The van der Waals surface area contributed by atoms with Gasteiger partial charge >= 0.3 is 5.97 Å². The fraction of sp³-hybridized carbons (Fsp3) is 0.333. The van der Waals surface area contributed by atoms with E-state index in [-0.39, 0.29) is 27.3 Å². The molecule has 0 atom stereocenters. The van der Waals surface area contributed by atoms with Crippen LogP contribution in [0, 0.1) is 0 Å². The van der Waals surface area contributed by atoms with Gasteiger partial charge in [0, 0.05) is 5.02 Å². The molecular formula is C15H17ClN4O6S3. The Hall–Kier alpha value is -2.09. The third-order valence-electron chi connectivity index (χ3n) is 3.29. The highest BCUT2D eigenvalue weighted by atomic mass is 35.5. The summed E-state index contributed by atoms with van der Waals surface area (Å²) in [6.45, 7) is -0.528. The second-order valence-corrected chi connectivity index (χ2v) is 9.92. The lowest BCUT2D eigenvalue weighted by atomic mass is 10.3. The van der Waals surface area contributed by atoms with E-state index in [9.17, 15) is 18.0 Å². The Morgan fingerprint density at radius 3 is 2.66 bits per heavy atom. The van der Waals surface area contributed by atoms with Crippen molar-refractivity contribution in [2.45, 2.75) is 4.34 Å². The number of thioether (sulfide) groups is 1. The molecule has 0 fully saturated rings. The van der Waals surface area contributed by atoms with Crippen molar-refractivity contribution in [3.8, 4) is 5.75 Å². The predicted octanol–water partition coefficient (Wildman–Crippen LogP) is 1.87. The molecule has 0 saturated heterocycles. The van der Waals surface area contributed by atoms with Crippen molar-refractivity contribution in [2.24, 2.45) is 0 Å². The molecule has 0 unspecified atom stereocenters. The molecule has 0 saturated carbocycles. The Labute approximate surface area is 180 Å². The van der Waals surface area contributed by atoms with E-state index in [1.807, 2.05) is 0 Å². The number of nitrogens with zero attached hydrogens (tertiary/aromatic N) is 3. The zero-order valence-corrected chi connectivity index (χ0v) is 18.7. The van der Waals surface area contributed by atoms with E-state index in [0.717, 1.165) is 33.7 Å². The molecule has 0 aliphatic heterocycles. The van der Waals surface area contributed by atoms with E-state index in [2.05, 4.69) is 20.3 Å². The van der Waals surface area contributed by atoms with Gasteiger partial charge in [-0.1, -0.05) is 34.7 Å². The number of sulfonamides is 1. The standard InChI is InChI=1S/C15H17ClN4O6S3/c1-25-11-5-4-9(16)6-10(11)20(29(3,23)24)7-12(21)17-14-18-19-15(28-14)27-8-13(22)26-2/h4-6H,7-8H2,1-3H3,(H,17,18,21). The molecule has 158 valence electrons. The number of hydrogen-bond acceptors (Lipinski definition) is 10. The van der Waals surface area contributed by atoms with Crippen LogP contribution in [0.5, 0.6) is 5.75 Å². The van der Waals surface area contributed by atoms with Crippen LogP contribution in [0.2, 0.25) is 5.02 Å². The molecule has 14 heteroatoms. The smallest absolute Gasteiger partial charge is 0.316 e. The van der Waals surface area contributed by atoms with Crippen LogP contribution in [0.3, 0.4) is 0 Å². The first-order chi connectivity index (χ1) is 13.6. The van der Waals surface area contributed by atoms with Crippen LogP contribution >= 0.6 is 34.7 Å². The Morgan fingerprint density at radius 1 is 1.31 bits per heavy atom. The summed E-state index contributed by atoms with van der Waals surface area (Å²) in [4.78, 5) is 23.6. The predicted molar refractivity (Wildman–Crippen MR) is 111 cm³/mol. The van der Waals surface area contributed by atoms with Gasteiger partial charge < -0.3 is 9.47 Å². The van der Waals surface area contributed by atoms with Crippen LogP contribution in [-0.2, 0) is 24.3 Å². The number of carbonyl (C=O) groups is 2. The second kappa shape index (κ2) is 10.1. The highest BCUT2D eigenvalue weighted by Gasteiger charge is 2.25. The van der Waals surface area contributed by atoms with E-state index in [0.29, 0.717) is 4.34 Å². The van der Waals surface area contributed by atoms with Crippen LogP contribution in [-0.4, -0.2) is 63.3 Å².